The average Bonchev–Trinajstić information content (AvgIpc) is 2.34. The fourth-order valence-corrected chi connectivity index (χ4v) is 2.14. The molecule has 0 aromatic heterocycles. The molecule has 104 valence electrons. The van der Waals surface area contributed by atoms with Crippen molar-refractivity contribution in [1.29, 1.82) is 0 Å². The van der Waals surface area contributed by atoms with Gasteiger partial charge in [-0.05, 0) is 6.07 Å². The molecule has 1 saturated heterocycles. The van der Waals surface area contributed by atoms with Crippen LogP contribution in [0, 0.1) is 0 Å². The minimum atomic E-state index is -0.461. The molecule has 1 aliphatic heterocycles. The van der Waals surface area contributed by atoms with E-state index in [1.807, 2.05) is 6.07 Å². The quantitative estimate of drug-likeness (QED) is 0.897. The summed E-state index contributed by atoms with van der Waals surface area (Å²) in [5.41, 5.74) is 0.687. The third kappa shape index (κ3) is 3.99. The predicted molar refractivity (Wildman–Crippen MR) is 75.8 cm³/mol. The van der Waals surface area contributed by atoms with Crippen molar-refractivity contribution in [2.45, 2.75) is 6.04 Å². The van der Waals surface area contributed by atoms with Gasteiger partial charge in [0.2, 0.25) is 0 Å². The molecule has 0 amide bonds. The number of alkyl halides is 1. The molecule has 2 N–H and O–H groups in total. The Kier molecular flexibility index (Phi) is 8.27. The first-order valence-corrected chi connectivity index (χ1v) is 5.61. The van der Waals surface area contributed by atoms with Gasteiger partial charge in [-0.1, -0.05) is 18.2 Å². The highest BCUT2D eigenvalue weighted by atomic mass is 35.5. The van der Waals surface area contributed by atoms with Crippen LogP contribution in [0.4, 0.5) is 4.39 Å². The number of para-hydroxylation sites is 1. The minimum Gasteiger partial charge on any atom is -0.508 e. The molecule has 3 nitrogen and oxygen atoms in total. The third-order valence-electron chi connectivity index (χ3n) is 3.03. The Morgan fingerprint density at radius 3 is 2.39 bits per heavy atom. The first-order valence-electron chi connectivity index (χ1n) is 5.61. The minimum absolute atomic E-state index is 0. The SMILES string of the molecule is Cl.Cl.Oc1ccccc1[C@@H](CF)N1CCNCC1. The number of hydrogen-bond donors (Lipinski definition) is 2. The van der Waals surface area contributed by atoms with Crippen molar-refractivity contribution in [3.8, 4) is 5.75 Å². The molecule has 1 aromatic carbocycles. The molecule has 1 fully saturated rings. The lowest BCUT2D eigenvalue weighted by Crippen LogP contribution is -2.45. The van der Waals surface area contributed by atoms with Crippen molar-refractivity contribution in [3.05, 3.63) is 29.8 Å². The standard InChI is InChI=1S/C12H17FN2O.2ClH/c13-9-11(15-7-5-14-6-8-15)10-3-1-2-4-12(10)16;;/h1-4,11,14,16H,5-9H2;2*1H/t11-;;/m1../s1. The number of phenolic OH excluding ortho intramolecular Hbond substituents is 1. The second-order valence-electron chi connectivity index (χ2n) is 4.01. The molecule has 0 unspecified atom stereocenters. The maximum absolute atomic E-state index is 13.1. The van der Waals surface area contributed by atoms with Gasteiger partial charge < -0.3 is 10.4 Å². The fraction of sp³-hybridized carbons (Fsp3) is 0.500. The van der Waals surface area contributed by atoms with Crippen LogP contribution in [0.3, 0.4) is 0 Å². The normalized spacial score (nSPS) is 17.4. The summed E-state index contributed by atoms with van der Waals surface area (Å²) in [4.78, 5) is 2.07. The van der Waals surface area contributed by atoms with E-state index in [0.717, 1.165) is 26.2 Å². The monoisotopic (exact) mass is 296 g/mol. The van der Waals surface area contributed by atoms with Gasteiger partial charge in [0.15, 0.2) is 0 Å². The van der Waals surface area contributed by atoms with Crippen LogP contribution in [0.15, 0.2) is 24.3 Å². The van der Waals surface area contributed by atoms with E-state index in [2.05, 4.69) is 10.2 Å². The molecule has 0 radical (unpaired) electrons. The fourth-order valence-electron chi connectivity index (χ4n) is 2.14. The van der Waals surface area contributed by atoms with E-state index in [1.54, 1.807) is 18.2 Å². The second-order valence-corrected chi connectivity index (χ2v) is 4.01. The van der Waals surface area contributed by atoms with Crippen molar-refractivity contribution < 1.29 is 9.50 Å². The van der Waals surface area contributed by atoms with E-state index in [-0.39, 0.29) is 36.6 Å². The van der Waals surface area contributed by atoms with Crippen LogP contribution in [0.2, 0.25) is 0 Å². The Hall–Kier alpha value is -0.550. The van der Waals surface area contributed by atoms with Crippen molar-refractivity contribution in [2.24, 2.45) is 0 Å². The number of halogens is 3. The zero-order chi connectivity index (χ0) is 11.4. The first-order chi connectivity index (χ1) is 7.83. The maximum atomic E-state index is 13.1. The molecule has 1 aromatic rings. The van der Waals surface area contributed by atoms with Gasteiger partial charge >= 0.3 is 0 Å². The number of phenols is 1. The largest absolute Gasteiger partial charge is 0.508 e. The molecule has 1 atom stereocenters. The summed E-state index contributed by atoms with van der Waals surface area (Å²) in [5.74, 6) is 0.184. The molecule has 1 aliphatic rings. The van der Waals surface area contributed by atoms with E-state index in [9.17, 15) is 9.50 Å². The summed E-state index contributed by atoms with van der Waals surface area (Å²) in [6.07, 6.45) is 0. The lowest BCUT2D eigenvalue weighted by Gasteiger charge is -2.33. The molecular weight excluding hydrogens is 278 g/mol. The summed E-state index contributed by atoms with van der Waals surface area (Å²) in [6.45, 7) is 2.94. The topological polar surface area (TPSA) is 35.5 Å². The van der Waals surface area contributed by atoms with Crippen molar-refractivity contribution in [2.75, 3.05) is 32.9 Å². The lowest BCUT2D eigenvalue weighted by atomic mass is 10.0. The summed E-state index contributed by atoms with van der Waals surface area (Å²) < 4.78 is 13.1. The lowest BCUT2D eigenvalue weighted by molar-refractivity contribution is 0.145. The Morgan fingerprint density at radius 2 is 1.83 bits per heavy atom. The number of benzene rings is 1. The predicted octanol–water partition coefficient (Wildman–Crippen LogP) is 2.15. The second kappa shape index (κ2) is 8.53. The van der Waals surface area contributed by atoms with Gasteiger partial charge in [0.1, 0.15) is 12.4 Å². The zero-order valence-electron chi connectivity index (χ0n) is 10.0. The average molecular weight is 297 g/mol. The summed E-state index contributed by atoms with van der Waals surface area (Å²) in [7, 11) is 0. The van der Waals surface area contributed by atoms with Crippen LogP contribution in [0.5, 0.6) is 5.75 Å². The van der Waals surface area contributed by atoms with Gasteiger partial charge in [-0.3, -0.25) is 4.90 Å². The van der Waals surface area contributed by atoms with Crippen LogP contribution in [0.1, 0.15) is 11.6 Å². The van der Waals surface area contributed by atoms with Crippen molar-refractivity contribution >= 4 is 24.8 Å². The number of hydrogen-bond acceptors (Lipinski definition) is 3. The molecule has 18 heavy (non-hydrogen) atoms. The van der Waals surface area contributed by atoms with Crippen LogP contribution in [0.25, 0.3) is 0 Å². The van der Waals surface area contributed by atoms with Crippen LogP contribution < -0.4 is 5.32 Å². The van der Waals surface area contributed by atoms with Gasteiger partial charge in [-0.15, -0.1) is 24.8 Å². The van der Waals surface area contributed by atoms with E-state index in [4.69, 9.17) is 0 Å². The van der Waals surface area contributed by atoms with Crippen LogP contribution in [-0.2, 0) is 0 Å². The van der Waals surface area contributed by atoms with Crippen LogP contribution in [-0.4, -0.2) is 42.9 Å². The maximum Gasteiger partial charge on any atom is 0.120 e. The molecule has 0 aliphatic carbocycles. The highest BCUT2D eigenvalue weighted by molar-refractivity contribution is 5.85. The Bertz CT molecular complexity index is 349. The van der Waals surface area contributed by atoms with E-state index in [0.29, 0.717) is 5.56 Å². The van der Waals surface area contributed by atoms with E-state index < -0.39 is 6.67 Å². The summed E-state index contributed by atoms with van der Waals surface area (Å²) in [6, 6.07) is 6.68. The molecule has 0 saturated carbocycles. The zero-order valence-corrected chi connectivity index (χ0v) is 11.6. The van der Waals surface area contributed by atoms with Crippen LogP contribution >= 0.6 is 24.8 Å². The number of piperazine rings is 1. The summed E-state index contributed by atoms with van der Waals surface area (Å²) in [5, 5.41) is 13.0. The Labute approximate surface area is 119 Å². The molecule has 6 heteroatoms. The third-order valence-corrected chi connectivity index (χ3v) is 3.03. The van der Waals surface area contributed by atoms with E-state index >= 15 is 0 Å². The molecule has 0 spiro atoms. The number of nitrogens with zero attached hydrogens (tertiary/aromatic N) is 1. The van der Waals surface area contributed by atoms with Crippen molar-refractivity contribution in [1.82, 2.24) is 10.2 Å². The Morgan fingerprint density at radius 1 is 1.22 bits per heavy atom. The first kappa shape index (κ1) is 17.4. The van der Waals surface area contributed by atoms with Crippen molar-refractivity contribution in [3.63, 3.8) is 0 Å². The molecule has 0 bridgehead atoms. The number of rotatable bonds is 3. The highest BCUT2D eigenvalue weighted by Gasteiger charge is 2.23. The highest BCUT2D eigenvalue weighted by Crippen LogP contribution is 2.28. The Balaban J connectivity index is 0.00000144. The van der Waals surface area contributed by atoms with Gasteiger partial charge in [-0.25, -0.2) is 4.39 Å². The van der Waals surface area contributed by atoms with Gasteiger partial charge in [0.25, 0.3) is 0 Å². The van der Waals surface area contributed by atoms with Gasteiger partial charge in [0.05, 0.1) is 6.04 Å². The summed E-state index contributed by atoms with van der Waals surface area (Å²) >= 11 is 0. The smallest absolute Gasteiger partial charge is 0.120 e. The number of aromatic hydroxyl groups is 1. The molecule has 1 heterocycles. The number of nitrogens with one attached hydrogen (secondary N) is 1. The molecular formula is C12H19Cl2FN2O. The van der Waals surface area contributed by atoms with Gasteiger partial charge in [0, 0.05) is 31.7 Å². The van der Waals surface area contributed by atoms with Gasteiger partial charge in [-0.2, -0.15) is 0 Å². The van der Waals surface area contributed by atoms with E-state index in [1.165, 1.54) is 0 Å². The molecule has 2 rings (SSSR count).